The molecule has 1 saturated carbocycles. The van der Waals surface area contributed by atoms with Crippen molar-refractivity contribution < 1.29 is 4.79 Å². The van der Waals surface area contributed by atoms with Crippen LogP contribution >= 0.6 is 12.4 Å². The highest BCUT2D eigenvalue weighted by molar-refractivity contribution is 5.85. The predicted octanol–water partition coefficient (Wildman–Crippen LogP) is 3.21. The second kappa shape index (κ2) is 8.23. The summed E-state index contributed by atoms with van der Waals surface area (Å²) < 4.78 is 0. The minimum atomic E-state index is 0. The molecule has 0 aromatic carbocycles. The standard InChI is InChI=1S/C16H30N2O.ClH/c1-12(2)13-6-4-9-18(10-8-13)16(19)11-14-5-3-7-15(14)17;/h12-15H,3-11,17H2,1-2H3;1H/t13?,14-,15+;/m0./s1. The van der Waals surface area contributed by atoms with Crippen molar-refractivity contribution >= 4 is 18.3 Å². The van der Waals surface area contributed by atoms with Gasteiger partial charge in [-0.2, -0.15) is 0 Å². The minimum Gasteiger partial charge on any atom is -0.343 e. The van der Waals surface area contributed by atoms with Crippen molar-refractivity contribution in [1.29, 1.82) is 0 Å². The van der Waals surface area contributed by atoms with E-state index in [1.54, 1.807) is 0 Å². The molecule has 4 heteroatoms. The van der Waals surface area contributed by atoms with E-state index in [0.717, 1.165) is 37.8 Å². The van der Waals surface area contributed by atoms with Crippen molar-refractivity contribution in [2.75, 3.05) is 13.1 Å². The van der Waals surface area contributed by atoms with Crippen LogP contribution in [0.3, 0.4) is 0 Å². The third kappa shape index (κ3) is 4.63. The fourth-order valence-electron chi connectivity index (χ4n) is 3.71. The topological polar surface area (TPSA) is 46.3 Å². The lowest BCUT2D eigenvalue weighted by Gasteiger charge is -2.24. The van der Waals surface area contributed by atoms with Crippen molar-refractivity contribution in [3.05, 3.63) is 0 Å². The number of halogens is 1. The Morgan fingerprint density at radius 2 is 1.90 bits per heavy atom. The van der Waals surface area contributed by atoms with E-state index in [2.05, 4.69) is 18.7 Å². The number of likely N-dealkylation sites (tertiary alicyclic amines) is 1. The van der Waals surface area contributed by atoms with Gasteiger partial charge in [-0.1, -0.05) is 20.3 Å². The van der Waals surface area contributed by atoms with E-state index in [4.69, 9.17) is 5.73 Å². The van der Waals surface area contributed by atoms with Gasteiger partial charge in [0.05, 0.1) is 0 Å². The highest BCUT2D eigenvalue weighted by atomic mass is 35.5. The molecule has 1 amide bonds. The van der Waals surface area contributed by atoms with Gasteiger partial charge in [-0.25, -0.2) is 0 Å². The Morgan fingerprint density at radius 1 is 1.15 bits per heavy atom. The van der Waals surface area contributed by atoms with Crippen LogP contribution in [-0.4, -0.2) is 29.9 Å². The third-order valence-corrected chi connectivity index (χ3v) is 5.22. The Morgan fingerprint density at radius 3 is 2.50 bits per heavy atom. The summed E-state index contributed by atoms with van der Waals surface area (Å²) in [6, 6.07) is 0.263. The fourth-order valence-corrected chi connectivity index (χ4v) is 3.71. The molecule has 118 valence electrons. The third-order valence-electron chi connectivity index (χ3n) is 5.22. The predicted molar refractivity (Wildman–Crippen MR) is 85.9 cm³/mol. The van der Waals surface area contributed by atoms with E-state index in [9.17, 15) is 4.79 Å². The van der Waals surface area contributed by atoms with Gasteiger partial charge in [0.1, 0.15) is 0 Å². The van der Waals surface area contributed by atoms with Gasteiger partial charge in [0, 0.05) is 25.6 Å². The lowest BCUT2D eigenvalue weighted by Crippen LogP contribution is -2.36. The van der Waals surface area contributed by atoms with Crippen molar-refractivity contribution in [3.8, 4) is 0 Å². The second-order valence-electron chi connectivity index (χ2n) is 6.87. The largest absolute Gasteiger partial charge is 0.343 e. The maximum Gasteiger partial charge on any atom is 0.222 e. The van der Waals surface area contributed by atoms with Crippen LogP contribution < -0.4 is 5.73 Å². The molecule has 0 aromatic heterocycles. The smallest absolute Gasteiger partial charge is 0.222 e. The molecule has 1 heterocycles. The molecule has 1 aliphatic carbocycles. The zero-order valence-electron chi connectivity index (χ0n) is 13.0. The second-order valence-corrected chi connectivity index (χ2v) is 6.87. The number of amides is 1. The first kappa shape index (κ1) is 17.8. The van der Waals surface area contributed by atoms with Gasteiger partial charge in [0.25, 0.3) is 0 Å². The number of nitrogens with zero attached hydrogens (tertiary/aromatic N) is 1. The van der Waals surface area contributed by atoms with E-state index in [-0.39, 0.29) is 18.4 Å². The van der Waals surface area contributed by atoms with E-state index in [1.807, 2.05) is 0 Å². The van der Waals surface area contributed by atoms with Gasteiger partial charge in [0.2, 0.25) is 5.91 Å². The average molecular weight is 303 g/mol. The average Bonchev–Trinajstić information content (AvgIpc) is 2.66. The Bertz CT molecular complexity index is 309. The first-order valence-electron chi connectivity index (χ1n) is 8.11. The van der Waals surface area contributed by atoms with Crippen molar-refractivity contribution in [2.24, 2.45) is 23.5 Å². The summed E-state index contributed by atoms with van der Waals surface area (Å²) in [6.07, 6.45) is 7.78. The summed E-state index contributed by atoms with van der Waals surface area (Å²) in [5.74, 6) is 2.34. The normalized spacial score (nSPS) is 31.0. The van der Waals surface area contributed by atoms with E-state index in [0.29, 0.717) is 18.2 Å². The number of carbonyl (C=O) groups excluding carboxylic acids is 1. The molecule has 0 bridgehead atoms. The maximum absolute atomic E-state index is 12.4. The molecule has 1 aliphatic heterocycles. The van der Waals surface area contributed by atoms with Crippen LogP contribution in [0.25, 0.3) is 0 Å². The monoisotopic (exact) mass is 302 g/mol. The van der Waals surface area contributed by atoms with E-state index < -0.39 is 0 Å². The van der Waals surface area contributed by atoms with Crippen LogP contribution in [0.5, 0.6) is 0 Å². The van der Waals surface area contributed by atoms with Crippen molar-refractivity contribution in [3.63, 3.8) is 0 Å². The molecule has 0 radical (unpaired) electrons. The minimum absolute atomic E-state index is 0. The van der Waals surface area contributed by atoms with Crippen LogP contribution in [0.15, 0.2) is 0 Å². The number of carbonyl (C=O) groups is 1. The SMILES string of the molecule is CC(C)C1CCCN(C(=O)C[C@@H]2CCC[C@H]2N)CC1.Cl. The number of hydrogen-bond acceptors (Lipinski definition) is 2. The summed E-state index contributed by atoms with van der Waals surface area (Å²) in [6.45, 7) is 6.53. The Hall–Kier alpha value is -0.280. The maximum atomic E-state index is 12.4. The molecule has 2 rings (SSSR count). The molecule has 20 heavy (non-hydrogen) atoms. The zero-order valence-corrected chi connectivity index (χ0v) is 13.8. The van der Waals surface area contributed by atoms with Crippen LogP contribution in [0, 0.1) is 17.8 Å². The van der Waals surface area contributed by atoms with Crippen LogP contribution in [0.2, 0.25) is 0 Å². The molecule has 3 atom stereocenters. The quantitative estimate of drug-likeness (QED) is 0.870. The molecule has 2 aliphatic rings. The van der Waals surface area contributed by atoms with Gasteiger partial charge in [-0.15, -0.1) is 12.4 Å². The number of nitrogens with two attached hydrogens (primary N) is 1. The van der Waals surface area contributed by atoms with Gasteiger partial charge in [-0.05, 0) is 49.9 Å². The van der Waals surface area contributed by atoms with E-state index in [1.165, 1.54) is 25.7 Å². The highest BCUT2D eigenvalue weighted by Gasteiger charge is 2.29. The molecular formula is C16H31ClN2O. The Kier molecular flexibility index (Phi) is 7.32. The molecule has 1 unspecified atom stereocenters. The summed E-state index contributed by atoms with van der Waals surface area (Å²) in [5, 5.41) is 0. The molecule has 1 saturated heterocycles. The number of rotatable bonds is 3. The molecule has 0 aromatic rings. The van der Waals surface area contributed by atoms with Gasteiger partial charge in [-0.3, -0.25) is 4.79 Å². The summed E-state index contributed by atoms with van der Waals surface area (Å²) in [7, 11) is 0. The van der Waals surface area contributed by atoms with Gasteiger partial charge >= 0.3 is 0 Å². The van der Waals surface area contributed by atoms with Crippen LogP contribution in [-0.2, 0) is 4.79 Å². The molecule has 3 nitrogen and oxygen atoms in total. The van der Waals surface area contributed by atoms with Gasteiger partial charge < -0.3 is 10.6 Å². The number of hydrogen-bond donors (Lipinski definition) is 1. The Labute approximate surface area is 130 Å². The summed E-state index contributed by atoms with van der Waals surface area (Å²) >= 11 is 0. The summed E-state index contributed by atoms with van der Waals surface area (Å²) in [4.78, 5) is 14.5. The molecule has 0 spiro atoms. The first-order valence-corrected chi connectivity index (χ1v) is 8.11. The first-order chi connectivity index (χ1) is 9.08. The summed E-state index contributed by atoms with van der Waals surface area (Å²) in [5.41, 5.74) is 6.08. The van der Waals surface area contributed by atoms with Gasteiger partial charge in [0.15, 0.2) is 0 Å². The highest BCUT2D eigenvalue weighted by Crippen LogP contribution is 2.29. The Balaban J connectivity index is 0.00000200. The lowest BCUT2D eigenvalue weighted by molar-refractivity contribution is -0.132. The zero-order chi connectivity index (χ0) is 13.8. The lowest BCUT2D eigenvalue weighted by atomic mass is 9.89. The van der Waals surface area contributed by atoms with Crippen molar-refractivity contribution in [2.45, 2.75) is 64.8 Å². The molecule has 2 fully saturated rings. The molecule has 2 N–H and O–H groups in total. The van der Waals surface area contributed by atoms with E-state index >= 15 is 0 Å². The van der Waals surface area contributed by atoms with Crippen LogP contribution in [0.4, 0.5) is 0 Å². The van der Waals surface area contributed by atoms with Crippen LogP contribution in [0.1, 0.15) is 58.8 Å². The fraction of sp³-hybridized carbons (Fsp3) is 0.938. The molecular weight excluding hydrogens is 272 g/mol. The van der Waals surface area contributed by atoms with Crippen molar-refractivity contribution in [1.82, 2.24) is 4.90 Å².